The summed E-state index contributed by atoms with van der Waals surface area (Å²) in [5, 5.41) is 0. The normalized spacial score (nSPS) is 12.0. The van der Waals surface area contributed by atoms with Gasteiger partial charge in [0.15, 0.2) is 12.0 Å². The lowest BCUT2D eigenvalue weighted by atomic mass is 10.3. The van der Waals surface area contributed by atoms with Crippen molar-refractivity contribution < 1.29 is 17.3 Å². The SMILES string of the molecule is O=S(=O)(NCc1ccco1)c1ccc2ncoc2c1. The second-order valence-corrected chi connectivity index (χ2v) is 5.65. The van der Waals surface area contributed by atoms with Crippen LogP contribution in [0.25, 0.3) is 11.1 Å². The minimum atomic E-state index is -3.60. The Morgan fingerprint density at radius 2 is 2.11 bits per heavy atom. The molecule has 0 aliphatic rings. The average Bonchev–Trinajstić information content (AvgIpc) is 3.06. The van der Waals surface area contributed by atoms with Crippen LogP contribution in [0.1, 0.15) is 5.76 Å². The van der Waals surface area contributed by atoms with Crippen LogP contribution in [0.3, 0.4) is 0 Å². The first-order valence-corrected chi connectivity index (χ1v) is 6.99. The Hall–Kier alpha value is -2.12. The quantitative estimate of drug-likeness (QED) is 0.787. The predicted molar refractivity (Wildman–Crippen MR) is 66.7 cm³/mol. The molecule has 0 aliphatic carbocycles. The number of rotatable bonds is 4. The number of nitrogens with one attached hydrogen (secondary N) is 1. The molecule has 0 unspecified atom stereocenters. The van der Waals surface area contributed by atoms with Gasteiger partial charge in [-0.25, -0.2) is 18.1 Å². The van der Waals surface area contributed by atoms with Gasteiger partial charge in [0.05, 0.1) is 17.7 Å². The molecule has 0 atom stereocenters. The van der Waals surface area contributed by atoms with Gasteiger partial charge in [0.1, 0.15) is 11.3 Å². The molecule has 1 aromatic carbocycles. The van der Waals surface area contributed by atoms with Gasteiger partial charge in [-0.05, 0) is 24.3 Å². The highest BCUT2D eigenvalue weighted by molar-refractivity contribution is 7.89. The van der Waals surface area contributed by atoms with Crippen LogP contribution in [-0.4, -0.2) is 13.4 Å². The van der Waals surface area contributed by atoms with E-state index < -0.39 is 10.0 Å². The Labute approximate surface area is 109 Å². The molecule has 0 radical (unpaired) electrons. The number of sulfonamides is 1. The minimum Gasteiger partial charge on any atom is -0.468 e. The topological polar surface area (TPSA) is 85.3 Å². The first kappa shape index (κ1) is 11.9. The van der Waals surface area contributed by atoms with Gasteiger partial charge in [-0.2, -0.15) is 0 Å². The van der Waals surface area contributed by atoms with E-state index in [0.717, 1.165) is 0 Å². The van der Waals surface area contributed by atoms with E-state index in [1.54, 1.807) is 18.2 Å². The Morgan fingerprint density at radius 3 is 2.89 bits per heavy atom. The molecule has 3 aromatic rings. The molecule has 0 amide bonds. The molecule has 98 valence electrons. The fourth-order valence-corrected chi connectivity index (χ4v) is 2.67. The molecule has 19 heavy (non-hydrogen) atoms. The van der Waals surface area contributed by atoms with Gasteiger partial charge < -0.3 is 8.83 Å². The molecule has 2 heterocycles. The zero-order chi connectivity index (χ0) is 13.3. The number of oxazole rings is 1. The second kappa shape index (κ2) is 4.52. The molecule has 0 aliphatic heterocycles. The lowest BCUT2D eigenvalue weighted by Gasteiger charge is -2.04. The number of nitrogens with zero attached hydrogens (tertiary/aromatic N) is 1. The number of fused-ring (bicyclic) bond motifs is 1. The molecule has 6 nitrogen and oxygen atoms in total. The molecule has 1 N–H and O–H groups in total. The summed E-state index contributed by atoms with van der Waals surface area (Å²) in [6.45, 7) is 0.101. The molecular weight excluding hydrogens is 268 g/mol. The fourth-order valence-electron chi connectivity index (χ4n) is 1.67. The van der Waals surface area contributed by atoms with Crippen molar-refractivity contribution in [2.45, 2.75) is 11.4 Å². The van der Waals surface area contributed by atoms with Crippen molar-refractivity contribution >= 4 is 21.1 Å². The summed E-state index contributed by atoms with van der Waals surface area (Å²) in [5.74, 6) is 0.546. The van der Waals surface area contributed by atoms with Crippen molar-refractivity contribution in [2.75, 3.05) is 0 Å². The second-order valence-electron chi connectivity index (χ2n) is 3.89. The summed E-state index contributed by atoms with van der Waals surface area (Å²) in [4.78, 5) is 4.06. The van der Waals surface area contributed by atoms with Crippen LogP contribution >= 0.6 is 0 Å². The van der Waals surface area contributed by atoms with E-state index in [-0.39, 0.29) is 11.4 Å². The van der Waals surface area contributed by atoms with Gasteiger partial charge in [0.25, 0.3) is 0 Å². The summed E-state index contributed by atoms with van der Waals surface area (Å²) in [7, 11) is -3.60. The number of hydrogen-bond donors (Lipinski definition) is 1. The maximum atomic E-state index is 12.1. The summed E-state index contributed by atoms with van der Waals surface area (Å²) in [6, 6.07) is 7.91. The lowest BCUT2D eigenvalue weighted by Crippen LogP contribution is -2.22. The third-order valence-electron chi connectivity index (χ3n) is 2.63. The molecular formula is C12H10N2O4S. The van der Waals surface area contributed by atoms with Crippen LogP contribution in [0, 0.1) is 0 Å². The first-order valence-electron chi connectivity index (χ1n) is 5.50. The van der Waals surface area contributed by atoms with Crippen molar-refractivity contribution in [3.8, 4) is 0 Å². The van der Waals surface area contributed by atoms with Crippen molar-refractivity contribution in [1.29, 1.82) is 0 Å². The van der Waals surface area contributed by atoms with Crippen molar-refractivity contribution in [3.05, 3.63) is 48.7 Å². The Balaban J connectivity index is 1.86. The van der Waals surface area contributed by atoms with Crippen LogP contribution in [-0.2, 0) is 16.6 Å². The van der Waals surface area contributed by atoms with E-state index >= 15 is 0 Å². The van der Waals surface area contributed by atoms with Crippen LogP contribution in [0.4, 0.5) is 0 Å². The Bertz CT molecular complexity index is 790. The molecule has 0 fully saturated rings. The minimum absolute atomic E-state index is 0.101. The van der Waals surface area contributed by atoms with Gasteiger partial charge in [-0.15, -0.1) is 0 Å². The lowest BCUT2D eigenvalue weighted by molar-refractivity contribution is 0.498. The summed E-state index contributed by atoms with van der Waals surface area (Å²) in [5.41, 5.74) is 1.05. The van der Waals surface area contributed by atoms with Gasteiger partial charge in [0.2, 0.25) is 10.0 Å². The van der Waals surface area contributed by atoms with E-state index in [9.17, 15) is 8.42 Å². The molecule has 0 saturated heterocycles. The largest absolute Gasteiger partial charge is 0.468 e. The number of aromatic nitrogens is 1. The van der Waals surface area contributed by atoms with Crippen LogP contribution < -0.4 is 4.72 Å². The first-order chi connectivity index (χ1) is 9.15. The highest BCUT2D eigenvalue weighted by Gasteiger charge is 2.15. The number of hydrogen-bond acceptors (Lipinski definition) is 5. The highest BCUT2D eigenvalue weighted by Crippen LogP contribution is 2.18. The smallest absolute Gasteiger partial charge is 0.241 e. The van der Waals surface area contributed by atoms with E-state index in [1.165, 1.54) is 24.8 Å². The Morgan fingerprint density at radius 1 is 1.21 bits per heavy atom. The summed E-state index contributed by atoms with van der Waals surface area (Å²) in [6.07, 6.45) is 2.77. The fraction of sp³-hybridized carbons (Fsp3) is 0.0833. The molecule has 3 rings (SSSR count). The highest BCUT2D eigenvalue weighted by atomic mass is 32.2. The molecule has 7 heteroatoms. The zero-order valence-electron chi connectivity index (χ0n) is 9.74. The molecule has 0 spiro atoms. The monoisotopic (exact) mass is 278 g/mol. The molecule has 2 aromatic heterocycles. The standard InChI is InChI=1S/C12H10N2O4S/c15-19(16,14-7-9-2-1-5-17-9)10-3-4-11-12(6-10)18-8-13-11/h1-6,8,14H,7H2. The third kappa shape index (κ3) is 2.38. The van der Waals surface area contributed by atoms with Crippen molar-refractivity contribution in [3.63, 3.8) is 0 Å². The van der Waals surface area contributed by atoms with E-state index in [2.05, 4.69) is 9.71 Å². The van der Waals surface area contributed by atoms with E-state index in [0.29, 0.717) is 16.9 Å². The van der Waals surface area contributed by atoms with Crippen molar-refractivity contribution in [2.24, 2.45) is 0 Å². The maximum absolute atomic E-state index is 12.1. The van der Waals surface area contributed by atoms with E-state index in [4.69, 9.17) is 8.83 Å². The number of furan rings is 1. The van der Waals surface area contributed by atoms with Crippen LogP contribution in [0.5, 0.6) is 0 Å². The predicted octanol–water partition coefficient (Wildman–Crippen LogP) is 1.90. The number of benzene rings is 1. The Kier molecular flexibility index (Phi) is 2.84. The molecule has 0 saturated carbocycles. The third-order valence-corrected chi connectivity index (χ3v) is 4.03. The average molecular weight is 278 g/mol. The van der Waals surface area contributed by atoms with Crippen LogP contribution in [0.2, 0.25) is 0 Å². The van der Waals surface area contributed by atoms with Gasteiger partial charge in [-0.3, -0.25) is 0 Å². The van der Waals surface area contributed by atoms with Gasteiger partial charge in [0, 0.05) is 6.07 Å². The zero-order valence-corrected chi connectivity index (χ0v) is 10.6. The van der Waals surface area contributed by atoms with Gasteiger partial charge in [-0.1, -0.05) is 0 Å². The molecule has 0 bridgehead atoms. The summed E-state index contributed by atoms with van der Waals surface area (Å²) < 4.78 is 36.8. The van der Waals surface area contributed by atoms with Gasteiger partial charge >= 0.3 is 0 Å². The maximum Gasteiger partial charge on any atom is 0.241 e. The van der Waals surface area contributed by atoms with E-state index in [1.807, 2.05) is 0 Å². The van der Waals surface area contributed by atoms with Crippen molar-refractivity contribution in [1.82, 2.24) is 9.71 Å². The summed E-state index contributed by atoms with van der Waals surface area (Å²) >= 11 is 0. The van der Waals surface area contributed by atoms with Crippen LogP contribution in [0.15, 0.2) is 56.7 Å².